The summed E-state index contributed by atoms with van der Waals surface area (Å²) in [5.74, 6) is 0.814. The molecule has 1 aromatic heterocycles. The van der Waals surface area contributed by atoms with Gasteiger partial charge in [-0.05, 0) is 31.5 Å². The molecule has 2 N–H and O–H groups in total. The van der Waals surface area contributed by atoms with Gasteiger partial charge in [0.2, 0.25) is 0 Å². The van der Waals surface area contributed by atoms with Gasteiger partial charge in [-0.25, -0.2) is 4.98 Å². The van der Waals surface area contributed by atoms with E-state index >= 15 is 0 Å². The van der Waals surface area contributed by atoms with Crippen LogP contribution in [0.3, 0.4) is 0 Å². The standard InChI is InChI=1S/C20H30N6S/c1-21-19(22-13-17-15-27-20(24-17)25(2)3)23-14-18(26-11-7-8-12-26)16-9-5-4-6-10-16/h4-6,9-10,15,18H,7-8,11-14H2,1-3H3,(H2,21,22,23). The molecule has 3 rings (SSSR count). The highest BCUT2D eigenvalue weighted by molar-refractivity contribution is 7.13. The van der Waals surface area contributed by atoms with Crippen LogP contribution in [0.15, 0.2) is 40.7 Å². The number of hydrogen-bond donors (Lipinski definition) is 2. The summed E-state index contributed by atoms with van der Waals surface area (Å²) >= 11 is 1.66. The molecule has 146 valence electrons. The molecule has 6 nitrogen and oxygen atoms in total. The minimum atomic E-state index is 0.367. The Morgan fingerprint density at radius 2 is 1.96 bits per heavy atom. The summed E-state index contributed by atoms with van der Waals surface area (Å²) in [6.07, 6.45) is 2.57. The van der Waals surface area contributed by atoms with Crippen molar-refractivity contribution in [3.8, 4) is 0 Å². The molecule has 2 heterocycles. The summed E-state index contributed by atoms with van der Waals surface area (Å²) in [6.45, 7) is 3.84. The third-order valence-electron chi connectivity index (χ3n) is 4.81. The number of guanidine groups is 1. The fourth-order valence-corrected chi connectivity index (χ4v) is 4.12. The Labute approximate surface area is 166 Å². The molecule has 7 heteroatoms. The largest absolute Gasteiger partial charge is 0.354 e. The number of benzene rings is 1. The number of nitrogens with one attached hydrogen (secondary N) is 2. The Kier molecular flexibility index (Phi) is 7.06. The summed E-state index contributed by atoms with van der Waals surface area (Å²) in [5.41, 5.74) is 2.39. The molecule has 1 aliphatic heterocycles. The van der Waals surface area contributed by atoms with Crippen LogP contribution in [0, 0.1) is 0 Å². The second-order valence-electron chi connectivity index (χ2n) is 6.99. The number of hydrogen-bond acceptors (Lipinski definition) is 5. The van der Waals surface area contributed by atoms with Gasteiger partial charge in [-0.2, -0.15) is 0 Å². The van der Waals surface area contributed by atoms with Crippen LogP contribution in [0.4, 0.5) is 5.13 Å². The highest BCUT2D eigenvalue weighted by Gasteiger charge is 2.23. The molecule has 27 heavy (non-hydrogen) atoms. The van der Waals surface area contributed by atoms with Crippen LogP contribution in [0.25, 0.3) is 0 Å². The van der Waals surface area contributed by atoms with Crippen molar-refractivity contribution in [1.82, 2.24) is 20.5 Å². The van der Waals surface area contributed by atoms with Crippen molar-refractivity contribution in [1.29, 1.82) is 0 Å². The lowest BCUT2D eigenvalue weighted by molar-refractivity contribution is 0.245. The van der Waals surface area contributed by atoms with E-state index in [1.54, 1.807) is 11.3 Å². The molecule has 0 spiro atoms. The van der Waals surface area contributed by atoms with Crippen molar-refractivity contribution in [2.75, 3.05) is 45.7 Å². The predicted octanol–water partition coefficient (Wildman–Crippen LogP) is 2.71. The van der Waals surface area contributed by atoms with E-state index in [1.165, 1.54) is 31.5 Å². The highest BCUT2D eigenvalue weighted by Crippen LogP contribution is 2.24. The molecule has 1 fully saturated rings. The number of anilines is 1. The van der Waals surface area contributed by atoms with Gasteiger partial charge in [0.15, 0.2) is 11.1 Å². The number of rotatable bonds is 7. The zero-order chi connectivity index (χ0) is 19.1. The lowest BCUT2D eigenvalue weighted by Crippen LogP contribution is -2.42. The molecule has 2 aromatic rings. The minimum Gasteiger partial charge on any atom is -0.354 e. The Morgan fingerprint density at radius 1 is 1.22 bits per heavy atom. The molecule has 0 radical (unpaired) electrons. The second-order valence-corrected chi connectivity index (χ2v) is 7.83. The first-order chi connectivity index (χ1) is 13.2. The summed E-state index contributed by atoms with van der Waals surface area (Å²) in [4.78, 5) is 13.6. The topological polar surface area (TPSA) is 55.8 Å². The highest BCUT2D eigenvalue weighted by atomic mass is 32.1. The van der Waals surface area contributed by atoms with E-state index < -0.39 is 0 Å². The minimum absolute atomic E-state index is 0.367. The number of nitrogens with zero attached hydrogens (tertiary/aromatic N) is 4. The summed E-state index contributed by atoms with van der Waals surface area (Å²) in [5, 5.41) is 10.00. The van der Waals surface area contributed by atoms with Crippen molar-refractivity contribution >= 4 is 22.4 Å². The van der Waals surface area contributed by atoms with Gasteiger partial charge in [0.25, 0.3) is 0 Å². The first kappa shape index (κ1) is 19.6. The van der Waals surface area contributed by atoms with Gasteiger partial charge in [0.1, 0.15) is 0 Å². The monoisotopic (exact) mass is 386 g/mol. The maximum atomic E-state index is 4.61. The van der Waals surface area contributed by atoms with Crippen LogP contribution in [0.1, 0.15) is 30.1 Å². The van der Waals surface area contributed by atoms with Gasteiger partial charge in [0, 0.05) is 33.1 Å². The third kappa shape index (κ3) is 5.43. The maximum absolute atomic E-state index is 4.61. The van der Waals surface area contributed by atoms with E-state index in [2.05, 4.69) is 61.2 Å². The van der Waals surface area contributed by atoms with Crippen LogP contribution in [0.5, 0.6) is 0 Å². The van der Waals surface area contributed by atoms with Gasteiger partial charge in [-0.15, -0.1) is 11.3 Å². The van der Waals surface area contributed by atoms with Gasteiger partial charge in [-0.3, -0.25) is 9.89 Å². The lowest BCUT2D eigenvalue weighted by atomic mass is 10.1. The molecule has 0 aliphatic carbocycles. The molecular formula is C20H30N6S. The predicted molar refractivity (Wildman–Crippen MR) is 115 cm³/mol. The lowest BCUT2D eigenvalue weighted by Gasteiger charge is -2.28. The van der Waals surface area contributed by atoms with Crippen molar-refractivity contribution < 1.29 is 0 Å². The molecule has 0 amide bonds. The fraction of sp³-hybridized carbons (Fsp3) is 0.500. The van der Waals surface area contributed by atoms with E-state index in [1.807, 2.05) is 26.0 Å². The second kappa shape index (κ2) is 9.71. The van der Waals surface area contributed by atoms with Gasteiger partial charge in [0.05, 0.1) is 18.3 Å². The van der Waals surface area contributed by atoms with E-state index in [0.29, 0.717) is 12.6 Å². The van der Waals surface area contributed by atoms with Crippen LogP contribution in [-0.2, 0) is 6.54 Å². The number of aromatic nitrogens is 1. The molecule has 1 saturated heterocycles. The van der Waals surface area contributed by atoms with E-state index in [4.69, 9.17) is 0 Å². The first-order valence-electron chi connectivity index (χ1n) is 9.52. The quantitative estimate of drug-likeness (QED) is 0.566. The Bertz CT molecular complexity index is 721. The Hall–Kier alpha value is -2.12. The summed E-state index contributed by atoms with van der Waals surface area (Å²) in [7, 11) is 5.84. The van der Waals surface area contributed by atoms with Crippen molar-refractivity contribution in [2.24, 2.45) is 4.99 Å². The first-order valence-corrected chi connectivity index (χ1v) is 10.4. The van der Waals surface area contributed by atoms with E-state index in [0.717, 1.165) is 23.3 Å². The third-order valence-corrected chi connectivity index (χ3v) is 5.87. The SMILES string of the molecule is CN=C(NCc1csc(N(C)C)n1)NCC(c1ccccc1)N1CCCC1. The van der Waals surface area contributed by atoms with Gasteiger partial charge >= 0.3 is 0 Å². The Balaban J connectivity index is 1.57. The Morgan fingerprint density at radius 3 is 2.59 bits per heavy atom. The zero-order valence-corrected chi connectivity index (χ0v) is 17.3. The van der Waals surface area contributed by atoms with Crippen LogP contribution in [-0.4, -0.2) is 56.6 Å². The van der Waals surface area contributed by atoms with Crippen LogP contribution in [0.2, 0.25) is 0 Å². The van der Waals surface area contributed by atoms with Crippen molar-refractivity contribution in [3.05, 3.63) is 47.0 Å². The molecule has 0 bridgehead atoms. The van der Waals surface area contributed by atoms with Crippen LogP contribution < -0.4 is 15.5 Å². The average Bonchev–Trinajstić information content (AvgIpc) is 3.37. The van der Waals surface area contributed by atoms with Gasteiger partial charge < -0.3 is 15.5 Å². The number of thiazole rings is 1. The average molecular weight is 387 g/mol. The van der Waals surface area contributed by atoms with Crippen molar-refractivity contribution in [2.45, 2.75) is 25.4 Å². The fourth-order valence-electron chi connectivity index (χ4n) is 3.36. The van der Waals surface area contributed by atoms with Crippen molar-refractivity contribution in [3.63, 3.8) is 0 Å². The molecule has 1 unspecified atom stereocenters. The van der Waals surface area contributed by atoms with E-state index in [9.17, 15) is 0 Å². The molecular weight excluding hydrogens is 356 g/mol. The number of aliphatic imine (C=N–C) groups is 1. The van der Waals surface area contributed by atoms with Gasteiger partial charge in [-0.1, -0.05) is 30.3 Å². The molecule has 0 saturated carbocycles. The molecule has 1 atom stereocenters. The zero-order valence-electron chi connectivity index (χ0n) is 16.5. The maximum Gasteiger partial charge on any atom is 0.191 e. The smallest absolute Gasteiger partial charge is 0.191 e. The summed E-state index contributed by atoms with van der Waals surface area (Å²) < 4.78 is 0. The van der Waals surface area contributed by atoms with E-state index in [-0.39, 0.29) is 0 Å². The molecule has 1 aromatic carbocycles. The number of likely N-dealkylation sites (tertiary alicyclic amines) is 1. The normalized spacial score (nSPS) is 16.3. The van der Waals surface area contributed by atoms with Crippen LogP contribution >= 0.6 is 11.3 Å². The summed E-state index contributed by atoms with van der Waals surface area (Å²) in [6, 6.07) is 11.1. The molecule has 1 aliphatic rings.